The van der Waals surface area contributed by atoms with Crippen LogP contribution in [0.2, 0.25) is 0 Å². The van der Waals surface area contributed by atoms with Crippen molar-refractivity contribution in [2.45, 2.75) is 38.1 Å². The van der Waals surface area contributed by atoms with Crippen LogP contribution in [0.25, 0.3) is 0 Å². The lowest BCUT2D eigenvalue weighted by atomic mass is 9.87. The lowest BCUT2D eigenvalue weighted by molar-refractivity contribution is -0.134. The van der Waals surface area contributed by atoms with Crippen LogP contribution >= 0.6 is 0 Å². The zero-order valence-corrected chi connectivity index (χ0v) is 13.1. The topological polar surface area (TPSA) is 95.3 Å². The molecule has 0 spiro atoms. The molecule has 3 N–H and O–H groups in total. The van der Waals surface area contributed by atoms with Crippen molar-refractivity contribution in [3.63, 3.8) is 0 Å². The summed E-state index contributed by atoms with van der Waals surface area (Å²) in [5.41, 5.74) is 1.20. The molecule has 0 saturated carbocycles. The van der Waals surface area contributed by atoms with Crippen molar-refractivity contribution in [1.29, 1.82) is 0 Å². The predicted molar refractivity (Wildman–Crippen MR) is 86.6 cm³/mol. The Labute approximate surface area is 134 Å². The van der Waals surface area contributed by atoms with Crippen molar-refractivity contribution < 1.29 is 14.4 Å². The fourth-order valence-corrected chi connectivity index (χ4v) is 2.82. The number of H-pyrrole nitrogens is 1. The minimum Gasteiger partial charge on any atom is -0.481 e. The number of benzene rings is 1. The molecule has 1 aliphatic rings. The first-order valence-electron chi connectivity index (χ1n) is 7.70. The zero-order chi connectivity index (χ0) is 16.7. The van der Waals surface area contributed by atoms with Gasteiger partial charge in [0.05, 0.1) is 0 Å². The van der Waals surface area contributed by atoms with Crippen LogP contribution in [0.4, 0.5) is 0 Å². The second-order valence-electron chi connectivity index (χ2n) is 5.70. The fraction of sp³-hybridized carbons (Fsp3) is 0.412. The largest absolute Gasteiger partial charge is 0.481 e. The molecule has 2 aromatic rings. The average Bonchev–Trinajstić information content (AvgIpc) is 2.95. The third kappa shape index (κ3) is 5.75. The molecule has 1 saturated heterocycles. The van der Waals surface area contributed by atoms with E-state index in [9.17, 15) is 4.79 Å². The molecule has 0 radical (unpaired) electrons. The number of aromatic nitrogens is 1. The minimum absolute atomic E-state index is 0.145. The normalized spacial score (nSPS) is 20.4. The maximum Gasteiger partial charge on any atom is 0.300 e. The molecular formula is C17H22N2O4. The van der Waals surface area contributed by atoms with E-state index in [0.717, 1.165) is 38.5 Å². The van der Waals surface area contributed by atoms with Gasteiger partial charge >= 0.3 is 0 Å². The quantitative estimate of drug-likeness (QED) is 0.806. The van der Waals surface area contributed by atoms with Crippen molar-refractivity contribution in [3.8, 4) is 0 Å². The highest BCUT2D eigenvalue weighted by molar-refractivity contribution is 5.62. The number of carboxylic acid groups (broad SMARTS) is 1. The van der Waals surface area contributed by atoms with Crippen molar-refractivity contribution in [3.05, 3.63) is 58.1 Å². The maximum atomic E-state index is 11.1. The van der Waals surface area contributed by atoms with Gasteiger partial charge in [-0.25, -0.2) is 0 Å². The van der Waals surface area contributed by atoms with Crippen molar-refractivity contribution in [2.75, 3.05) is 6.54 Å². The maximum absolute atomic E-state index is 11.1. The van der Waals surface area contributed by atoms with E-state index in [1.807, 2.05) is 6.07 Å². The van der Waals surface area contributed by atoms with E-state index in [-0.39, 0.29) is 5.56 Å². The van der Waals surface area contributed by atoms with Crippen LogP contribution in [0.15, 0.2) is 45.7 Å². The monoisotopic (exact) mass is 318 g/mol. The van der Waals surface area contributed by atoms with E-state index in [2.05, 4.69) is 34.7 Å². The lowest BCUT2D eigenvalue weighted by Crippen LogP contribution is -2.38. The number of rotatable bonds is 3. The fourth-order valence-electron chi connectivity index (χ4n) is 2.82. The minimum atomic E-state index is -0.833. The van der Waals surface area contributed by atoms with Crippen LogP contribution < -0.4 is 10.9 Å². The van der Waals surface area contributed by atoms with Crippen LogP contribution in [-0.2, 0) is 11.2 Å². The average molecular weight is 318 g/mol. The summed E-state index contributed by atoms with van der Waals surface area (Å²) in [5.74, 6) is 0.304. The van der Waals surface area contributed by atoms with Crippen LogP contribution in [0.1, 0.15) is 37.0 Å². The van der Waals surface area contributed by atoms with E-state index in [1.165, 1.54) is 5.56 Å². The van der Waals surface area contributed by atoms with Gasteiger partial charge in [0.1, 0.15) is 5.76 Å². The van der Waals surface area contributed by atoms with Gasteiger partial charge in [-0.1, -0.05) is 30.3 Å². The Bertz CT molecular complexity index is 658. The van der Waals surface area contributed by atoms with E-state index < -0.39 is 5.97 Å². The Morgan fingerprint density at radius 2 is 2.04 bits per heavy atom. The summed E-state index contributed by atoms with van der Waals surface area (Å²) in [6, 6.07) is 12.5. The number of piperidine rings is 1. The highest BCUT2D eigenvalue weighted by Gasteiger charge is 2.25. The van der Waals surface area contributed by atoms with Gasteiger partial charge < -0.3 is 14.9 Å². The number of aliphatic carboxylic acids is 1. The summed E-state index contributed by atoms with van der Waals surface area (Å²) in [5, 5.41) is 13.3. The van der Waals surface area contributed by atoms with Crippen molar-refractivity contribution in [1.82, 2.24) is 10.5 Å². The second kappa shape index (κ2) is 8.33. The highest BCUT2D eigenvalue weighted by Crippen LogP contribution is 2.27. The van der Waals surface area contributed by atoms with Gasteiger partial charge in [-0.05, 0) is 31.4 Å². The molecule has 1 aromatic heterocycles. The second-order valence-corrected chi connectivity index (χ2v) is 5.70. The molecule has 1 aromatic carbocycles. The standard InChI is InChI=1S/C15H18N2O2.C2H4O2/c18-15-10-14(19-17-15)12-6-7-16-13(9-12)8-11-4-2-1-3-5-11;1-2(3)4/h1-5,10,12-13,16H,6-9H2,(H,17,18);1H3,(H,3,4)/t12-,13-;/m0./s1. The predicted octanol–water partition coefficient (Wildman–Crippen LogP) is 2.14. The third-order valence-corrected chi connectivity index (χ3v) is 3.76. The first-order chi connectivity index (χ1) is 11.0. The molecule has 0 unspecified atom stereocenters. The van der Waals surface area contributed by atoms with Gasteiger partial charge in [0.2, 0.25) is 0 Å². The first kappa shape index (κ1) is 17.0. The summed E-state index contributed by atoms with van der Waals surface area (Å²) in [4.78, 5) is 20.1. The van der Waals surface area contributed by atoms with Gasteiger partial charge in [0.25, 0.3) is 11.5 Å². The molecular weight excluding hydrogens is 296 g/mol. The summed E-state index contributed by atoms with van der Waals surface area (Å²) < 4.78 is 5.24. The van der Waals surface area contributed by atoms with Crippen LogP contribution in [0.5, 0.6) is 0 Å². The van der Waals surface area contributed by atoms with E-state index in [1.54, 1.807) is 6.07 Å². The molecule has 6 heteroatoms. The van der Waals surface area contributed by atoms with Gasteiger partial charge in [-0.2, -0.15) is 5.16 Å². The summed E-state index contributed by atoms with van der Waals surface area (Å²) in [7, 11) is 0. The van der Waals surface area contributed by atoms with Gasteiger partial charge in [-0.3, -0.25) is 9.59 Å². The van der Waals surface area contributed by atoms with Crippen LogP contribution in [0, 0.1) is 0 Å². The number of nitrogens with one attached hydrogen (secondary N) is 2. The Morgan fingerprint density at radius 3 is 2.65 bits per heavy atom. The van der Waals surface area contributed by atoms with Gasteiger partial charge in [-0.15, -0.1) is 0 Å². The Morgan fingerprint density at radius 1 is 1.35 bits per heavy atom. The number of carbonyl (C=O) groups is 1. The summed E-state index contributed by atoms with van der Waals surface area (Å²) in [6.45, 7) is 2.05. The number of aromatic amines is 1. The molecule has 1 fully saturated rings. The molecule has 6 nitrogen and oxygen atoms in total. The van der Waals surface area contributed by atoms with E-state index in [0.29, 0.717) is 12.0 Å². The Hall–Kier alpha value is -2.34. The first-order valence-corrected chi connectivity index (χ1v) is 7.70. The van der Waals surface area contributed by atoms with E-state index in [4.69, 9.17) is 14.4 Å². The molecule has 124 valence electrons. The smallest absolute Gasteiger partial charge is 0.300 e. The molecule has 2 atom stereocenters. The molecule has 2 heterocycles. The Balaban J connectivity index is 0.000000433. The van der Waals surface area contributed by atoms with Gasteiger partial charge in [0, 0.05) is 24.9 Å². The number of hydrogen-bond donors (Lipinski definition) is 3. The SMILES string of the molecule is CC(=O)O.O=c1cc([C@H]2CCN[C@@H](Cc3ccccc3)C2)o[nH]1. The molecule has 23 heavy (non-hydrogen) atoms. The van der Waals surface area contributed by atoms with E-state index >= 15 is 0 Å². The van der Waals surface area contributed by atoms with Crippen LogP contribution in [-0.4, -0.2) is 28.8 Å². The van der Waals surface area contributed by atoms with Crippen molar-refractivity contribution >= 4 is 5.97 Å². The lowest BCUT2D eigenvalue weighted by Gasteiger charge is -2.29. The Kier molecular flexibility index (Phi) is 6.17. The third-order valence-electron chi connectivity index (χ3n) is 3.76. The zero-order valence-electron chi connectivity index (χ0n) is 13.1. The van der Waals surface area contributed by atoms with Crippen molar-refractivity contribution in [2.24, 2.45) is 0 Å². The summed E-state index contributed by atoms with van der Waals surface area (Å²) >= 11 is 0. The number of hydrogen-bond acceptors (Lipinski definition) is 4. The molecule has 0 bridgehead atoms. The molecule has 0 amide bonds. The molecule has 3 rings (SSSR count). The number of carboxylic acids is 1. The highest BCUT2D eigenvalue weighted by atomic mass is 16.5. The molecule has 1 aliphatic heterocycles. The van der Waals surface area contributed by atoms with Gasteiger partial charge in [0.15, 0.2) is 0 Å². The molecule has 0 aliphatic carbocycles. The summed E-state index contributed by atoms with van der Waals surface area (Å²) in [6.07, 6.45) is 3.05. The van der Waals surface area contributed by atoms with Crippen LogP contribution in [0.3, 0.4) is 0 Å².